The molecule has 2 rings (SSSR count). The van der Waals surface area contributed by atoms with Gasteiger partial charge in [-0.15, -0.1) is 0 Å². The van der Waals surface area contributed by atoms with Crippen molar-refractivity contribution < 1.29 is 9.47 Å². The molecule has 1 saturated heterocycles. The Kier molecular flexibility index (Phi) is 2.04. The summed E-state index contributed by atoms with van der Waals surface area (Å²) in [5, 5.41) is 0. The molecule has 0 amide bonds. The van der Waals surface area contributed by atoms with E-state index in [-0.39, 0.29) is 0 Å². The fraction of sp³-hybridized carbons (Fsp3) is 0.556. The highest BCUT2D eigenvalue weighted by Gasteiger charge is 2.23. The number of rotatable bonds is 3. The summed E-state index contributed by atoms with van der Waals surface area (Å²) in [6.07, 6.45) is 6.25. The third-order valence-electron chi connectivity index (χ3n) is 2.00. The molecule has 0 aromatic heterocycles. The third-order valence-corrected chi connectivity index (χ3v) is 2.00. The van der Waals surface area contributed by atoms with Gasteiger partial charge in [0.25, 0.3) is 0 Å². The summed E-state index contributed by atoms with van der Waals surface area (Å²) in [6, 6.07) is 0. The molecule has 12 heavy (non-hydrogen) atoms. The van der Waals surface area contributed by atoms with Crippen LogP contribution in [0.25, 0.3) is 0 Å². The first-order valence-corrected chi connectivity index (χ1v) is 4.26. The first-order valence-electron chi connectivity index (χ1n) is 4.26. The summed E-state index contributed by atoms with van der Waals surface area (Å²) in [5.74, 6) is 0.924. The molecule has 0 radical (unpaired) electrons. The van der Waals surface area contributed by atoms with Gasteiger partial charge in [-0.05, 0) is 12.5 Å². The molecular formula is C9H13NO2. The van der Waals surface area contributed by atoms with Gasteiger partial charge in [0.15, 0.2) is 0 Å². The highest BCUT2D eigenvalue weighted by molar-refractivity contribution is 5.22. The van der Waals surface area contributed by atoms with Crippen molar-refractivity contribution in [3.63, 3.8) is 0 Å². The number of allylic oxidation sites excluding steroid dienone is 3. The monoisotopic (exact) mass is 167 g/mol. The number of hydrogen-bond donors (Lipinski definition) is 1. The molecule has 0 spiro atoms. The number of hydrogen-bond acceptors (Lipinski definition) is 3. The molecule has 0 saturated carbocycles. The van der Waals surface area contributed by atoms with Crippen molar-refractivity contribution in [1.82, 2.24) is 0 Å². The van der Waals surface area contributed by atoms with Crippen LogP contribution in [-0.2, 0) is 9.47 Å². The third kappa shape index (κ3) is 1.80. The van der Waals surface area contributed by atoms with Crippen molar-refractivity contribution in [2.45, 2.75) is 18.9 Å². The van der Waals surface area contributed by atoms with Gasteiger partial charge < -0.3 is 15.2 Å². The maximum Gasteiger partial charge on any atom is 0.119 e. The van der Waals surface area contributed by atoms with Crippen LogP contribution in [-0.4, -0.2) is 19.3 Å². The van der Waals surface area contributed by atoms with Gasteiger partial charge in [-0.3, -0.25) is 0 Å². The Hall–Kier alpha value is -0.960. The molecule has 1 aliphatic heterocycles. The minimum atomic E-state index is 0.316. The van der Waals surface area contributed by atoms with Crippen LogP contribution in [0.5, 0.6) is 0 Å². The molecule has 0 aromatic carbocycles. The van der Waals surface area contributed by atoms with Crippen LogP contribution in [0, 0.1) is 0 Å². The topological polar surface area (TPSA) is 47.8 Å². The summed E-state index contributed by atoms with van der Waals surface area (Å²) in [5.41, 5.74) is 6.48. The van der Waals surface area contributed by atoms with Crippen LogP contribution in [0.4, 0.5) is 0 Å². The van der Waals surface area contributed by atoms with Crippen molar-refractivity contribution in [3.8, 4) is 0 Å². The summed E-state index contributed by atoms with van der Waals surface area (Å²) in [4.78, 5) is 0. The molecule has 1 fully saturated rings. The molecule has 1 aliphatic carbocycles. The Morgan fingerprint density at radius 2 is 2.50 bits per heavy atom. The highest BCUT2D eigenvalue weighted by atomic mass is 16.6. The fourth-order valence-corrected chi connectivity index (χ4v) is 1.18. The summed E-state index contributed by atoms with van der Waals surface area (Å²) < 4.78 is 10.5. The standard InChI is InChI=1S/C9H13NO2/c10-8-3-1-2-4-9(8)12-6-7-5-11-7/h1,3,7H,2,4-6,10H2. The van der Waals surface area contributed by atoms with Crippen molar-refractivity contribution in [2.75, 3.05) is 13.2 Å². The van der Waals surface area contributed by atoms with Crippen LogP contribution < -0.4 is 5.73 Å². The Balaban J connectivity index is 1.87. The number of nitrogens with two attached hydrogens (primary N) is 1. The van der Waals surface area contributed by atoms with Crippen molar-refractivity contribution in [1.29, 1.82) is 0 Å². The molecule has 1 unspecified atom stereocenters. The maximum atomic E-state index is 5.71. The van der Waals surface area contributed by atoms with E-state index in [4.69, 9.17) is 15.2 Å². The smallest absolute Gasteiger partial charge is 0.119 e. The molecule has 1 atom stereocenters. The average Bonchev–Trinajstić information content (AvgIpc) is 2.86. The molecule has 66 valence electrons. The Morgan fingerprint density at radius 1 is 1.67 bits per heavy atom. The summed E-state index contributed by atoms with van der Waals surface area (Å²) >= 11 is 0. The normalized spacial score (nSPS) is 27.5. The SMILES string of the molecule is NC1=C(OCC2CO2)CCC=C1. The average molecular weight is 167 g/mol. The first kappa shape index (κ1) is 7.68. The minimum absolute atomic E-state index is 0.316. The van der Waals surface area contributed by atoms with E-state index in [1.807, 2.05) is 6.08 Å². The molecule has 0 aromatic rings. The van der Waals surface area contributed by atoms with E-state index in [2.05, 4.69) is 6.08 Å². The van der Waals surface area contributed by atoms with E-state index in [0.717, 1.165) is 30.9 Å². The maximum absolute atomic E-state index is 5.71. The Labute approximate surface area is 71.8 Å². The Bertz CT molecular complexity index is 229. The number of epoxide rings is 1. The van der Waals surface area contributed by atoms with E-state index in [0.29, 0.717) is 12.7 Å². The highest BCUT2D eigenvalue weighted by Crippen LogP contribution is 2.19. The molecule has 3 heteroatoms. The van der Waals surface area contributed by atoms with Crippen molar-refractivity contribution >= 4 is 0 Å². The Morgan fingerprint density at radius 3 is 3.17 bits per heavy atom. The lowest BCUT2D eigenvalue weighted by Crippen LogP contribution is -2.09. The largest absolute Gasteiger partial charge is 0.493 e. The van der Waals surface area contributed by atoms with Gasteiger partial charge in [-0.1, -0.05) is 6.08 Å². The number of ether oxygens (including phenoxy) is 2. The van der Waals surface area contributed by atoms with Crippen LogP contribution >= 0.6 is 0 Å². The summed E-state index contributed by atoms with van der Waals surface area (Å²) in [6.45, 7) is 1.49. The van der Waals surface area contributed by atoms with Gasteiger partial charge in [0.1, 0.15) is 18.5 Å². The zero-order chi connectivity index (χ0) is 8.39. The van der Waals surface area contributed by atoms with Crippen LogP contribution in [0.15, 0.2) is 23.6 Å². The van der Waals surface area contributed by atoms with Gasteiger partial charge in [0, 0.05) is 6.42 Å². The minimum Gasteiger partial charge on any atom is -0.493 e. The summed E-state index contributed by atoms with van der Waals surface area (Å²) in [7, 11) is 0. The first-order chi connectivity index (χ1) is 5.86. The quantitative estimate of drug-likeness (QED) is 0.636. The van der Waals surface area contributed by atoms with E-state index in [1.165, 1.54) is 0 Å². The fourth-order valence-electron chi connectivity index (χ4n) is 1.18. The van der Waals surface area contributed by atoms with Crippen LogP contribution in [0.2, 0.25) is 0 Å². The van der Waals surface area contributed by atoms with Gasteiger partial charge in [0.05, 0.1) is 12.3 Å². The van der Waals surface area contributed by atoms with Crippen LogP contribution in [0.1, 0.15) is 12.8 Å². The zero-order valence-electron chi connectivity index (χ0n) is 6.95. The lowest BCUT2D eigenvalue weighted by molar-refractivity contribution is 0.172. The van der Waals surface area contributed by atoms with Crippen molar-refractivity contribution in [2.24, 2.45) is 5.73 Å². The second kappa shape index (κ2) is 3.19. The second-order valence-corrected chi connectivity index (χ2v) is 3.09. The molecule has 0 bridgehead atoms. The van der Waals surface area contributed by atoms with E-state index in [9.17, 15) is 0 Å². The lowest BCUT2D eigenvalue weighted by Gasteiger charge is -2.13. The van der Waals surface area contributed by atoms with E-state index < -0.39 is 0 Å². The molecular weight excluding hydrogens is 154 g/mol. The molecule has 2 aliphatic rings. The zero-order valence-corrected chi connectivity index (χ0v) is 6.95. The second-order valence-electron chi connectivity index (χ2n) is 3.09. The van der Waals surface area contributed by atoms with Gasteiger partial charge in [0.2, 0.25) is 0 Å². The predicted octanol–water partition coefficient (Wildman–Crippen LogP) is 0.922. The van der Waals surface area contributed by atoms with Gasteiger partial charge in [-0.25, -0.2) is 0 Å². The molecule has 2 N–H and O–H groups in total. The van der Waals surface area contributed by atoms with Gasteiger partial charge in [-0.2, -0.15) is 0 Å². The lowest BCUT2D eigenvalue weighted by atomic mass is 10.1. The van der Waals surface area contributed by atoms with Crippen LogP contribution in [0.3, 0.4) is 0 Å². The van der Waals surface area contributed by atoms with E-state index >= 15 is 0 Å². The van der Waals surface area contributed by atoms with Crippen molar-refractivity contribution in [3.05, 3.63) is 23.6 Å². The van der Waals surface area contributed by atoms with E-state index in [1.54, 1.807) is 0 Å². The predicted molar refractivity (Wildman–Crippen MR) is 45.3 cm³/mol. The van der Waals surface area contributed by atoms with Gasteiger partial charge >= 0.3 is 0 Å². The molecule has 3 nitrogen and oxygen atoms in total. The molecule has 1 heterocycles.